The van der Waals surface area contributed by atoms with Gasteiger partial charge in [0.25, 0.3) is 0 Å². The van der Waals surface area contributed by atoms with E-state index < -0.39 is 6.10 Å². The van der Waals surface area contributed by atoms with Crippen LogP contribution in [0.4, 0.5) is 0 Å². The molecule has 0 spiro atoms. The lowest BCUT2D eigenvalue weighted by Crippen LogP contribution is -2.30. The molecule has 0 heterocycles. The molecule has 0 rings (SSSR count). The summed E-state index contributed by atoms with van der Waals surface area (Å²) < 4.78 is 16.8. The van der Waals surface area contributed by atoms with E-state index >= 15 is 0 Å². The third-order valence-electron chi connectivity index (χ3n) is 11.4. The number of hydrogen-bond acceptors (Lipinski definition) is 6. The summed E-state index contributed by atoms with van der Waals surface area (Å²) in [5.41, 5.74) is 0. The summed E-state index contributed by atoms with van der Waals surface area (Å²) in [4.78, 5) is 38.1. The van der Waals surface area contributed by atoms with E-state index in [1.165, 1.54) is 51.4 Å². The standard InChI is InChI=1S/C63H102O6/c1-4-7-10-13-16-19-22-25-28-30-31-33-35-38-41-44-47-50-53-56-62(65)68-59-60(58-67-61(64)55-52-49-46-43-40-37-34-27-24-21-18-15-12-9-6-3)69-63(66)57-54-51-48-45-42-39-36-32-29-26-23-20-17-14-11-8-5-2/h7-8,10-11,16-17,19-20,25-29,31,33-34,36,38-39,41,60H,4-6,9,12-15,18,21-24,30,32,35,37,40,42-59H2,1-3H3/b10-7-,11-8-,19-16-,20-17-,28-25-,29-26-,33-31-,34-27-,39-36-,41-38-. The monoisotopic (exact) mass is 955 g/mol. The van der Waals surface area contributed by atoms with Crippen LogP contribution in [0.25, 0.3) is 0 Å². The van der Waals surface area contributed by atoms with Gasteiger partial charge in [0, 0.05) is 19.3 Å². The van der Waals surface area contributed by atoms with Crippen molar-refractivity contribution in [2.24, 2.45) is 0 Å². The number of unbranched alkanes of at least 4 members (excludes halogenated alkanes) is 18. The highest BCUT2D eigenvalue weighted by Gasteiger charge is 2.19. The average molecular weight is 956 g/mol. The third-order valence-corrected chi connectivity index (χ3v) is 11.4. The van der Waals surface area contributed by atoms with Gasteiger partial charge in [-0.1, -0.05) is 213 Å². The fraction of sp³-hybridized carbons (Fsp3) is 0.635. The zero-order chi connectivity index (χ0) is 50.0. The first-order chi connectivity index (χ1) is 34.0. The van der Waals surface area contributed by atoms with E-state index in [1.807, 2.05) is 0 Å². The van der Waals surface area contributed by atoms with Crippen molar-refractivity contribution in [2.75, 3.05) is 13.2 Å². The molecule has 0 amide bonds. The first-order valence-electron chi connectivity index (χ1n) is 28.0. The number of carbonyl (C=O) groups is 3. The first kappa shape index (κ1) is 64.8. The highest BCUT2D eigenvalue weighted by Crippen LogP contribution is 2.13. The van der Waals surface area contributed by atoms with Crippen molar-refractivity contribution in [1.82, 2.24) is 0 Å². The number of hydrogen-bond donors (Lipinski definition) is 0. The molecule has 0 bridgehead atoms. The first-order valence-corrected chi connectivity index (χ1v) is 28.0. The van der Waals surface area contributed by atoms with Gasteiger partial charge in [-0.25, -0.2) is 0 Å². The summed E-state index contributed by atoms with van der Waals surface area (Å²) in [6.45, 7) is 6.34. The van der Waals surface area contributed by atoms with Crippen LogP contribution in [0, 0.1) is 0 Å². The number of rotatable bonds is 49. The summed E-state index contributed by atoms with van der Waals surface area (Å²) in [6.07, 6.45) is 77.5. The Balaban J connectivity index is 4.53. The maximum Gasteiger partial charge on any atom is 0.306 e. The van der Waals surface area contributed by atoms with Crippen LogP contribution in [0.15, 0.2) is 122 Å². The maximum atomic E-state index is 12.8. The summed E-state index contributed by atoms with van der Waals surface area (Å²) in [7, 11) is 0. The molecule has 6 nitrogen and oxygen atoms in total. The second kappa shape index (κ2) is 56.4. The van der Waals surface area contributed by atoms with Crippen molar-refractivity contribution >= 4 is 17.9 Å². The Hall–Kier alpha value is -4.19. The highest BCUT2D eigenvalue weighted by molar-refractivity contribution is 5.71. The molecule has 6 heteroatoms. The fourth-order valence-electron chi connectivity index (χ4n) is 7.28. The Morgan fingerprint density at radius 1 is 0.304 bits per heavy atom. The predicted molar refractivity (Wildman–Crippen MR) is 297 cm³/mol. The molecule has 0 aromatic heterocycles. The molecular weight excluding hydrogens is 853 g/mol. The Morgan fingerprint density at radius 3 is 0.913 bits per heavy atom. The van der Waals surface area contributed by atoms with Crippen molar-refractivity contribution in [3.05, 3.63) is 122 Å². The second-order valence-electron chi connectivity index (χ2n) is 18.1. The number of esters is 3. The van der Waals surface area contributed by atoms with E-state index in [0.29, 0.717) is 12.8 Å². The van der Waals surface area contributed by atoms with Crippen molar-refractivity contribution in [2.45, 2.75) is 245 Å². The van der Waals surface area contributed by atoms with Gasteiger partial charge in [0.15, 0.2) is 6.10 Å². The molecule has 0 fully saturated rings. The van der Waals surface area contributed by atoms with E-state index in [4.69, 9.17) is 14.2 Å². The Morgan fingerprint density at radius 2 is 0.565 bits per heavy atom. The van der Waals surface area contributed by atoms with Crippen LogP contribution in [0.1, 0.15) is 239 Å². The van der Waals surface area contributed by atoms with E-state index in [-0.39, 0.29) is 37.5 Å². The molecule has 0 saturated carbocycles. The van der Waals surface area contributed by atoms with Crippen molar-refractivity contribution in [3.63, 3.8) is 0 Å². The van der Waals surface area contributed by atoms with Gasteiger partial charge >= 0.3 is 17.9 Å². The molecular formula is C63H102O6. The summed E-state index contributed by atoms with van der Waals surface area (Å²) in [5.74, 6) is -0.974. The van der Waals surface area contributed by atoms with Gasteiger partial charge in [-0.05, 0) is 128 Å². The molecule has 0 aliphatic carbocycles. The Bertz CT molecular complexity index is 1470. The predicted octanol–water partition coefficient (Wildman–Crippen LogP) is 18.9. The minimum atomic E-state index is -0.812. The number of allylic oxidation sites excluding steroid dienone is 20. The van der Waals surface area contributed by atoms with Crippen LogP contribution in [-0.2, 0) is 28.6 Å². The molecule has 0 aromatic rings. The average Bonchev–Trinajstić information content (AvgIpc) is 3.35. The summed E-state index contributed by atoms with van der Waals surface area (Å²) in [6, 6.07) is 0. The van der Waals surface area contributed by atoms with Gasteiger partial charge in [0.05, 0.1) is 0 Å². The lowest BCUT2D eigenvalue weighted by molar-refractivity contribution is -0.167. The van der Waals surface area contributed by atoms with Gasteiger partial charge < -0.3 is 14.2 Å². The SMILES string of the molecule is CC/C=C\C/C=C\C/C=C\C/C=C\C/C=C\CCCCCC(=O)OCC(COC(=O)CCCCCCC/C=C\CCCCCCCC)OC(=O)CCCCCC/C=C\C/C=C\C/C=C\C/C=C\CC. The molecule has 1 atom stereocenters. The number of carbonyl (C=O) groups excluding carboxylic acids is 3. The van der Waals surface area contributed by atoms with Gasteiger partial charge in [-0.2, -0.15) is 0 Å². The van der Waals surface area contributed by atoms with Gasteiger partial charge in [0.1, 0.15) is 13.2 Å². The smallest absolute Gasteiger partial charge is 0.306 e. The van der Waals surface area contributed by atoms with Crippen LogP contribution in [0.5, 0.6) is 0 Å². The second-order valence-corrected chi connectivity index (χ2v) is 18.1. The molecule has 0 saturated heterocycles. The van der Waals surface area contributed by atoms with Gasteiger partial charge in [-0.15, -0.1) is 0 Å². The lowest BCUT2D eigenvalue weighted by atomic mass is 10.1. The summed E-state index contributed by atoms with van der Waals surface area (Å²) in [5, 5.41) is 0. The van der Waals surface area contributed by atoms with Crippen molar-refractivity contribution in [1.29, 1.82) is 0 Å². The molecule has 0 aliphatic heterocycles. The van der Waals surface area contributed by atoms with Crippen LogP contribution >= 0.6 is 0 Å². The van der Waals surface area contributed by atoms with Crippen molar-refractivity contribution in [3.8, 4) is 0 Å². The van der Waals surface area contributed by atoms with Crippen LogP contribution in [0.3, 0.4) is 0 Å². The van der Waals surface area contributed by atoms with Crippen LogP contribution < -0.4 is 0 Å². The van der Waals surface area contributed by atoms with Gasteiger partial charge in [0.2, 0.25) is 0 Å². The zero-order valence-corrected chi connectivity index (χ0v) is 44.5. The van der Waals surface area contributed by atoms with Gasteiger partial charge in [-0.3, -0.25) is 14.4 Å². The topological polar surface area (TPSA) is 78.9 Å². The molecule has 69 heavy (non-hydrogen) atoms. The quantitative estimate of drug-likeness (QED) is 0.0262. The van der Waals surface area contributed by atoms with E-state index in [2.05, 4.69) is 142 Å². The largest absolute Gasteiger partial charge is 0.462 e. The molecule has 1 unspecified atom stereocenters. The molecule has 390 valence electrons. The van der Waals surface area contributed by atoms with Crippen LogP contribution in [0.2, 0.25) is 0 Å². The summed E-state index contributed by atoms with van der Waals surface area (Å²) >= 11 is 0. The lowest BCUT2D eigenvalue weighted by Gasteiger charge is -2.18. The van der Waals surface area contributed by atoms with Crippen LogP contribution in [-0.4, -0.2) is 37.2 Å². The molecule has 0 radical (unpaired) electrons. The number of ether oxygens (including phenoxy) is 3. The zero-order valence-electron chi connectivity index (χ0n) is 44.5. The highest BCUT2D eigenvalue weighted by atomic mass is 16.6. The molecule has 0 aromatic carbocycles. The van der Waals surface area contributed by atoms with E-state index in [1.54, 1.807) is 0 Å². The van der Waals surface area contributed by atoms with E-state index in [0.717, 1.165) is 148 Å². The Kier molecular flexibility index (Phi) is 53.0. The fourth-order valence-corrected chi connectivity index (χ4v) is 7.28. The molecule has 0 aliphatic rings. The van der Waals surface area contributed by atoms with E-state index in [9.17, 15) is 14.4 Å². The van der Waals surface area contributed by atoms with Crippen molar-refractivity contribution < 1.29 is 28.6 Å². The molecule has 0 N–H and O–H groups in total. The Labute approximate surface area is 424 Å². The maximum absolute atomic E-state index is 12.8. The minimum Gasteiger partial charge on any atom is -0.462 e. The normalized spacial score (nSPS) is 13.0. The third kappa shape index (κ3) is 54.6. The minimum absolute atomic E-state index is 0.106.